The number of nitrogens with zero attached hydrogens (tertiary/aromatic N) is 1. The second-order valence-electron chi connectivity index (χ2n) is 3.95. The van der Waals surface area contributed by atoms with Gasteiger partial charge in [0.15, 0.2) is 18.9 Å². The van der Waals surface area contributed by atoms with Gasteiger partial charge in [0.1, 0.15) is 0 Å². The normalized spacial score (nSPS) is 10.9. The highest BCUT2D eigenvalue weighted by Crippen LogP contribution is 2.18. The number of fused-ring (bicyclic) bond motifs is 1. The van der Waals surface area contributed by atoms with Crippen LogP contribution in [0.5, 0.6) is 0 Å². The molecular formula is C14H11ClNS+. The molecule has 0 fully saturated rings. The predicted octanol–water partition coefficient (Wildman–Crippen LogP) is 3.89. The summed E-state index contributed by atoms with van der Waals surface area (Å²) in [5.74, 6) is 0. The SMILES string of the molecule is Clc1ccccc1C[n+]1ccc2sccc2c1. The molecule has 0 spiro atoms. The average Bonchev–Trinajstić information content (AvgIpc) is 2.79. The Labute approximate surface area is 109 Å². The molecule has 84 valence electrons. The number of hydrogen-bond acceptors (Lipinski definition) is 1. The second-order valence-corrected chi connectivity index (χ2v) is 5.30. The first-order valence-electron chi connectivity index (χ1n) is 5.43. The Morgan fingerprint density at radius 2 is 2.00 bits per heavy atom. The van der Waals surface area contributed by atoms with Gasteiger partial charge in [-0.15, -0.1) is 11.3 Å². The Morgan fingerprint density at radius 3 is 2.88 bits per heavy atom. The van der Waals surface area contributed by atoms with Gasteiger partial charge in [-0.1, -0.05) is 29.8 Å². The molecule has 1 aromatic carbocycles. The lowest BCUT2D eigenvalue weighted by molar-refractivity contribution is -0.687. The maximum atomic E-state index is 6.16. The van der Waals surface area contributed by atoms with E-state index in [4.69, 9.17) is 11.6 Å². The number of rotatable bonds is 2. The molecule has 0 saturated heterocycles. The van der Waals surface area contributed by atoms with Gasteiger partial charge in [-0.3, -0.25) is 0 Å². The first kappa shape index (κ1) is 10.8. The van der Waals surface area contributed by atoms with E-state index in [0.29, 0.717) is 0 Å². The highest BCUT2D eigenvalue weighted by atomic mass is 35.5. The topological polar surface area (TPSA) is 3.88 Å². The van der Waals surface area contributed by atoms with Crippen molar-refractivity contribution in [3.05, 3.63) is 64.8 Å². The Bertz CT molecular complexity index is 660. The Morgan fingerprint density at radius 1 is 1.12 bits per heavy atom. The van der Waals surface area contributed by atoms with E-state index in [2.05, 4.69) is 40.5 Å². The smallest absolute Gasteiger partial charge is 0.177 e. The maximum Gasteiger partial charge on any atom is 0.177 e. The third kappa shape index (κ3) is 2.19. The number of aromatic nitrogens is 1. The fourth-order valence-corrected chi connectivity index (χ4v) is 2.83. The van der Waals surface area contributed by atoms with Gasteiger partial charge in [-0.05, 0) is 17.5 Å². The van der Waals surface area contributed by atoms with Gasteiger partial charge < -0.3 is 0 Å². The molecule has 0 N–H and O–H groups in total. The molecule has 0 aliphatic heterocycles. The minimum atomic E-state index is 0.811. The third-order valence-electron chi connectivity index (χ3n) is 2.76. The molecule has 0 unspecified atom stereocenters. The Hall–Kier alpha value is -1.38. The van der Waals surface area contributed by atoms with E-state index < -0.39 is 0 Å². The summed E-state index contributed by atoms with van der Waals surface area (Å²) in [7, 11) is 0. The molecule has 0 amide bonds. The molecule has 2 aromatic heterocycles. The lowest BCUT2D eigenvalue weighted by Crippen LogP contribution is -2.33. The van der Waals surface area contributed by atoms with Crippen LogP contribution in [0.4, 0.5) is 0 Å². The summed E-state index contributed by atoms with van der Waals surface area (Å²) in [6.45, 7) is 0.811. The number of pyridine rings is 1. The van der Waals surface area contributed by atoms with E-state index in [1.165, 1.54) is 10.1 Å². The van der Waals surface area contributed by atoms with E-state index in [0.717, 1.165) is 17.1 Å². The van der Waals surface area contributed by atoms with Crippen LogP contribution >= 0.6 is 22.9 Å². The molecule has 0 aliphatic rings. The van der Waals surface area contributed by atoms with Crippen LogP contribution in [-0.4, -0.2) is 0 Å². The van der Waals surface area contributed by atoms with Crippen molar-refractivity contribution in [2.75, 3.05) is 0 Å². The maximum absolute atomic E-state index is 6.16. The van der Waals surface area contributed by atoms with E-state index in [1.54, 1.807) is 11.3 Å². The molecule has 0 bridgehead atoms. The van der Waals surface area contributed by atoms with Crippen LogP contribution in [0.1, 0.15) is 5.56 Å². The largest absolute Gasteiger partial charge is 0.200 e. The molecule has 0 saturated carbocycles. The lowest BCUT2D eigenvalue weighted by atomic mass is 10.2. The number of halogens is 1. The molecule has 17 heavy (non-hydrogen) atoms. The fraction of sp³-hybridized carbons (Fsp3) is 0.0714. The van der Waals surface area contributed by atoms with E-state index in [-0.39, 0.29) is 0 Å². The Balaban J connectivity index is 1.97. The molecule has 0 radical (unpaired) electrons. The summed E-state index contributed by atoms with van der Waals surface area (Å²) in [5, 5.41) is 4.22. The summed E-state index contributed by atoms with van der Waals surface area (Å²) in [5.41, 5.74) is 1.15. The van der Waals surface area contributed by atoms with Crippen LogP contribution in [0, 0.1) is 0 Å². The minimum absolute atomic E-state index is 0.811. The van der Waals surface area contributed by atoms with Gasteiger partial charge in [-0.25, -0.2) is 4.57 Å². The predicted molar refractivity (Wildman–Crippen MR) is 72.6 cm³/mol. The monoisotopic (exact) mass is 260 g/mol. The molecule has 1 nitrogen and oxygen atoms in total. The second kappa shape index (κ2) is 4.47. The summed E-state index contributed by atoms with van der Waals surface area (Å²) >= 11 is 7.93. The van der Waals surface area contributed by atoms with Gasteiger partial charge in [0.05, 0.1) is 10.4 Å². The highest BCUT2D eigenvalue weighted by Gasteiger charge is 2.07. The van der Waals surface area contributed by atoms with E-state index >= 15 is 0 Å². The Kier molecular flexibility index (Phi) is 2.83. The standard InChI is InChI=1S/C14H11ClNS/c15-13-4-2-1-3-11(13)9-16-7-5-14-12(10-16)6-8-17-14/h1-8,10H,9H2/q+1. The van der Waals surface area contributed by atoms with Crippen molar-refractivity contribution in [2.24, 2.45) is 0 Å². The summed E-state index contributed by atoms with van der Waals surface area (Å²) in [4.78, 5) is 0. The number of thiophene rings is 1. The van der Waals surface area contributed by atoms with Crippen molar-refractivity contribution in [1.29, 1.82) is 0 Å². The summed E-state index contributed by atoms with van der Waals surface area (Å²) < 4.78 is 3.48. The summed E-state index contributed by atoms with van der Waals surface area (Å²) in [6.07, 6.45) is 4.26. The molecule has 3 heteroatoms. The minimum Gasteiger partial charge on any atom is -0.200 e. The zero-order valence-electron chi connectivity index (χ0n) is 9.14. The van der Waals surface area contributed by atoms with E-state index in [9.17, 15) is 0 Å². The highest BCUT2D eigenvalue weighted by molar-refractivity contribution is 7.17. The van der Waals surface area contributed by atoms with Crippen molar-refractivity contribution in [1.82, 2.24) is 0 Å². The average molecular weight is 261 g/mol. The zero-order chi connectivity index (χ0) is 11.7. The van der Waals surface area contributed by atoms with Gasteiger partial charge in [0.2, 0.25) is 0 Å². The van der Waals surface area contributed by atoms with Gasteiger partial charge >= 0.3 is 0 Å². The van der Waals surface area contributed by atoms with Crippen LogP contribution in [0.25, 0.3) is 10.1 Å². The molecule has 0 atom stereocenters. The summed E-state index contributed by atoms with van der Waals surface area (Å²) in [6, 6.07) is 12.3. The van der Waals surface area contributed by atoms with E-state index in [1.807, 2.05) is 18.2 Å². The van der Waals surface area contributed by atoms with Crippen molar-refractivity contribution in [3.8, 4) is 0 Å². The van der Waals surface area contributed by atoms with Crippen LogP contribution in [0.2, 0.25) is 5.02 Å². The molecule has 3 aromatic rings. The number of benzene rings is 1. The van der Waals surface area contributed by atoms with Gasteiger partial charge in [0.25, 0.3) is 0 Å². The van der Waals surface area contributed by atoms with Crippen molar-refractivity contribution < 1.29 is 4.57 Å². The molecule has 3 rings (SSSR count). The third-order valence-corrected chi connectivity index (χ3v) is 4.03. The van der Waals surface area contributed by atoms with Crippen LogP contribution in [0.15, 0.2) is 54.2 Å². The van der Waals surface area contributed by atoms with Gasteiger partial charge in [0, 0.05) is 16.3 Å². The quantitative estimate of drug-likeness (QED) is 0.616. The van der Waals surface area contributed by atoms with Crippen molar-refractivity contribution in [2.45, 2.75) is 6.54 Å². The number of hydrogen-bond donors (Lipinski definition) is 0. The van der Waals surface area contributed by atoms with Gasteiger partial charge in [-0.2, -0.15) is 0 Å². The van der Waals surface area contributed by atoms with Crippen molar-refractivity contribution >= 4 is 33.0 Å². The molecular weight excluding hydrogens is 250 g/mol. The molecule has 0 aliphatic carbocycles. The fourth-order valence-electron chi connectivity index (χ4n) is 1.88. The lowest BCUT2D eigenvalue weighted by Gasteiger charge is -2.00. The first-order chi connectivity index (χ1) is 8.33. The van der Waals surface area contributed by atoms with Crippen LogP contribution in [-0.2, 0) is 6.54 Å². The zero-order valence-corrected chi connectivity index (χ0v) is 10.7. The van der Waals surface area contributed by atoms with Crippen LogP contribution in [0.3, 0.4) is 0 Å². The first-order valence-corrected chi connectivity index (χ1v) is 6.68. The molecule has 2 heterocycles. The van der Waals surface area contributed by atoms with Crippen LogP contribution < -0.4 is 4.57 Å². The van der Waals surface area contributed by atoms with Crippen molar-refractivity contribution in [3.63, 3.8) is 0 Å².